The highest BCUT2D eigenvalue weighted by Crippen LogP contribution is 2.24. The Morgan fingerprint density at radius 1 is 1.44 bits per heavy atom. The Morgan fingerprint density at radius 3 is 2.61 bits per heavy atom. The van der Waals surface area contributed by atoms with Crippen molar-refractivity contribution in [2.45, 2.75) is 26.7 Å². The van der Waals surface area contributed by atoms with Gasteiger partial charge in [-0.05, 0) is 40.9 Å². The number of halogens is 1. The molecule has 0 saturated heterocycles. The Morgan fingerprint density at radius 2 is 2.11 bits per heavy atom. The van der Waals surface area contributed by atoms with E-state index in [4.69, 9.17) is 0 Å². The summed E-state index contributed by atoms with van der Waals surface area (Å²) in [5, 5.41) is 12.3. The highest BCUT2D eigenvalue weighted by molar-refractivity contribution is 9.10. The summed E-state index contributed by atoms with van der Waals surface area (Å²) >= 11 is 3.23. The zero-order chi connectivity index (χ0) is 13.6. The van der Waals surface area contributed by atoms with E-state index in [1.54, 1.807) is 18.2 Å². The lowest BCUT2D eigenvalue weighted by Crippen LogP contribution is -2.39. The smallest absolute Gasteiger partial charge is 0.269 e. The predicted molar refractivity (Wildman–Crippen MR) is 74.4 cm³/mol. The number of hydrogen-bond donors (Lipinski definition) is 2. The van der Waals surface area contributed by atoms with E-state index in [0.29, 0.717) is 16.8 Å². The molecule has 0 atom stereocenters. The lowest BCUT2D eigenvalue weighted by molar-refractivity contribution is 0.0846. The molecule has 5 heteroatoms. The molecule has 0 saturated carbocycles. The minimum atomic E-state index is -0.234. The number of hydrogen-bond acceptors (Lipinski definition) is 3. The van der Waals surface area contributed by atoms with Crippen molar-refractivity contribution in [2.75, 3.05) is 13.2 Å². The number of pyridine rings is 1. The summed E-state index contributed by atoms with van der Waals surface area (Å²) in [7, 11) is 0. The van der Waals surface area contributed by atoms with Gasteiger partial charge in [-0.25, -0.2) is 4.98 Å². The third-order valence-electron chi connectivity index (χ3n) is 3.41. The van der Waals surface area contributed by atoms with Gasteiger partial charge in [0.2, 0.25) is 0 Å². The summed E-state index contributed by atoms with van der Waals surface area (Å²) in [5.41, 5.74) is 0.144. The molecule has 0 unspecified atom stereocenters. The van der Waals surface area contributed by atoms with Gasteiger partial charge in [0.05, 0.1) is 6.61 Å². The standard InChI is InChI=1S/C13H19BrN2O2/c1-3-13(4-2,9-17)8-15-12(18)10-6-5-7-11(14)16-10/h5-7,17H,3-4,8-9H2,1-2H3,(H,15,18). The molecule has 0 aliphatic heterocycles. The number of amides is 1. The molecule has 1 heterocycles. The maximum atomic E-state index is 11.9. The van der Waals surface area contributed by atoms with Crippen LogP contribution in [0.3, 0.4) is 0 Å². The first-order chi connectivity index (χ1) is 8.56. The number of carbonyl (C=O) groups is 1. The van der Waals surface area contributed by atoms with Crippen molar-refractivity contribution < 1.29 is 9.90 Å². The first-order valence-corrected chi connectivity index (χ1v) is 6.88. The van der Waals surface area contributed by atoms with Gasteiger partial charge in [-0.3, -0.25) is 4.79 Å². The van der Waals surface area contributed by atoms with Gasteiger partial charge >= 0.3 is 0 Å². The van der Waals surface area contributed by atoms with Gasteiger partial charge in [-0.1, -0.05) is 19.9 Å². The fourth-order valence-electron chi connectivity index (χ4n) is 1.67. The molecule has 100 valence electrons. The second-order valence-electron chi connectivity index (χ2n) is 4.39. The Labute approximate surface area is 116 Å². The lowest BCUT2D eigenvalue weighted by Gasteiger charge is -2.29. The van der Waals surface area contributed by atoms with E-state index in [1.165, 1.54) is 0 Å². The first kappa shape index (κ1) is 15.1. The van der Waals surface area contributed by atoms with Gasteiger partial charge in [0, 0.05) is 12.0 Å². The highest BCUT2D eigenvalue weighted by Gasteiger charge is 2.26. The summed E-state index contributed by atoms with van der Waals surface area (Å²) in [6, 6.07) is 5.20. The number of aliphatic hydroxyl groups excluding tert-OH is 1. The monoisotopic (exact) mass is 314 g/mol. The number of nitrogens with zero attached hydrogens (tertiary/aromatic N) is 1. The van der Waals surface area contributed by atoms with Gasteiger partial charge in [-0.2, -0.15) is 0 Å². The molecule has 1 amide bonds. The Kier molecular flexibility index (Phi) is 5.75. The molecule has 2 N–H and O–H groups in total. The Balaban J connectivity index is 2.66. The van der Waals surface area contributed by atoms with E-state index >= 15 is 0 Å². The van der Waals surface area contributed by atoms with Crippen LogP contribution in [-0.4, -0.2) is 29.1 Å². The molecule has 1 aromatic heterocycles. The average molecular weight is 315 g/mol. The first-order valence-electron chi connectivity index (χ1n) is 6.08. The third kappa shape index (κ3) is 3.78. The van der Waals surface area contributed by atoms with Crippen LogP contribution >= 0.6 is 15.9 Å². The predicted octanol–water partition coefficient (Wildman–Crippen LogP) is 2.37. The van der Waals surface area contributed by atoms with Gasteiger partial charge in [0.25, 0.3) is 5.91 Å². The van der Waals surface area contributed by atoms with Crippen LogP contribution in [0.2, 0.25) is 0 Å². The average Bonchev–Trinajstić information content (AvgIpc) is 2.40. The summed E-state index contributed by atoms with van der Waals surface area (Å²) in [6.45, 7) is 4.57. The second kappa shape index (κ2) is 6.85. The molecule has 1 aromatic rings. The molecule has 0 radical (unpaired) electrons. The summed E-state index contributed by atoms with van der Waals surface area (Å²) < 4.78 is 0.634. The SMILES string of the molecule is CCC(CC)(CO)CNC(=O)c1cccc(Br)n1. The minimum absolute atomic E-state index is 0.0756. The normalized spacial score (nSPS) is 11.3. The fraction of sp³-hybridized carbons (Fsp3) is 0.538. The van der Waals surface area contributed by atoms with Crippen molar-refractivity contribution >= 4 is 21.8 Å². The van der Waals surface area contributed by atoms with Gasteiger partial charge < -0.3 is 10.4 Å². The molecule has 0 aliphatic rings. The highest BCUT2D eigenvalue weighted by atomic mass is 79.9. The van der Waals surface area contributed by atoms with E-state index in [9.17, 15) is 9.90 Å². The minimum Gasteiger partial charge on any atom is -0.396 e. The maximum Gasteiger partial charge on any atom is 0.269 e. The van der Waals surface area contributed by atoms with Crippen LogP contribution in [-0.2, 0) is 0 Å². The van der Waals surface area contributed by atoms with Crippen LogP contribution in [0.25, 0.3) is 0 Å². The summed E-state index contributed by atoms with van der Waals surface area (Å²) in [4.78, 5) is 16.0. The van der Waals surface area contributed by atoms with Crippen LogP contribution < -0.4 is 5.32 Å². The third-order valence-corrected chi connectivity index (χ3v) is 3.85. The molecule has 0 aromatic carbocycles. The molecular formula is C13H19BrN2O2. The van der Waals surface area contributed by atoms with E-state index in [0.717, 1.165) is 12.8 Å². The molecule has 0 bridgehead atoms. The van der Waals surface area contributed by atoms with Crippen LogP contribution in [0, 0.1) is 5.41 Å². The van der Waals surface area contributed by atoms with E-state index in [2.05, 4.69) is 26.2 Å². The van der Waals surface area contributed by atoms with Crippen molar-refractivity contribution in [3.63, 3.8) is 0 Å². The number of aromatic nitrogens is 1. The van der Waals surface area contributed by atoms with Crippen LogP contribution in [0.5, 0.6) is 0 Å². The van der Waals surface area contributed by atoms with Crippen LogP contribution in [0.4, 0.5) is 0 Å². The van der Waals surface area contributed by atoms with Crippen molar-refractivity contribution in [1.82, 2.24) is 10.3 Å². The number of nitrogens with one attached hydrogen (secondary N) is 1. The van der Waals surface area contributed by atoms with Gasteiger partial charge in [-0.15, -0.1) is 0 Å². The quantitative estimate of drug-likeness (QED) is 0.792. The number of rotatable bonds is 6. The molecule has 0 spiro atoms. The van der Waals surface area contributed by atoms with E-state index < -0.39 is 0 Å². The zero-order valence-corrected chi connectivity index (χ0v) is 12.3. The van der Waals surface area contributed by atoms with E-state index in [-0.39, 0.29) is 17.9 Å². The second-order valence-corrected chi connectivity index (χ2v) is 5.21. The van der Waals surface area contributed by atoms with Gasteiger partial charge in [0.15, 0.2) is 0 Å². The maximum absolute atomic E-state index is 11.9. The van der Waals surface area contributed by atoms with Crippen molar-refractivity contribution in [3.05, 3.63) is 28.5 Å². The Bertz CT molecular complexity index is 397. The summed E-state index contributed by atoms with van der Waals surface area (Å²) in [5.74, 6) is -0.212. The van der Waals surface area contributed by atoms with Crippen molar-refractivity contribution in [3.8, 4) is 0 Å². The topological polar surface area (TPSA) is 62.2 Å². The molecule has 18 heavy (non-hydrogen) atoms. The lowest BCUT2D eigenvalue weighted by atomic mass is 9.83. The zero-order valence-electron chi connectivity index (χ0n) is 10.7. The molecular weight excluding hydrogens is 296 g/mol. The van der Waals surface area contributed by atoms with Crippen molar-refractivity contribution in [1.29, 1.82) is 0 Å². The fourth-order valence-corrected chi connectivity index (χ4v) is 2.02. The number of aliphatic hydroxyl groups is 1. The number of carbonyl (C=O) groups excluding carboxylic acids is 1. The van der Waals surface area contributed by atoms with Crippen molar-refractivity contribution in [2.24, 2.45) is 5.41 Å². The summed E-state index contributed by atoms with van der Waals surface area (Å²) in [6.07, 6.45) is 1.65. The van der Waals surface area contributed by atoms with Crippen LogP contribution in [0.1, 0.15) is 37.2 Å². The molecule has 1 rings (SSSR count). The van der Waals surface area contributed by atoms with Crippen LogP contribution in [0.15, 0.2) is 22.8 Å². The van der Waals surface area contributed by atoms with Gasteiger partial charge in [0.1, 0.15) is 10.3 Å². The molecule has 0 aliphatic carbocycles. The Hall–Kier alpha value is -0.940. The van der Waals surface area contributed by atoms with E-state index in [1.807, 2.05) is 13.8 Å². The largest absolute Gasteiger partial charge is 0.396 e. The molecule has 4 nitrogen and oxygen atoms in total. The molecule has 0 fully saturated rings.